The van der Waals surface area contributed by atoms with Gasteiger partial charge in [-0.05, 0) is 24.1 Å². The van der Waals surface area contributed by atoms with Crippen LogP contribution in [0.5, 0.6) is 0 Å². The number of rotatable bonds is 1. The van der Waals surface area contributed by atoms with E-state index in [0.29, 0.717) is 0 Å². The fourth-order valence-corrected chi connectivity index (χ4v) is 0.618. The van der Waals surface area contributed by atoms with E-state index in [-0.39, 0.29) is 0 Å². The molecule has 0 aliphatic heterocycles. The molecular weight excluding hydrogens is 364 g/mol. The number of nitrogens with zero attached hydrogens (tertiary/aromatic N) is 1. The van der Waals surface area contributed by atoms with Crippen molar-refractivity contribution in [3.05, 3.63) is 30.1 Å². The Balaban J connectivity index is 0.000000292. The Morgan fingerprint density at radius 3 is 2.09 bits per heavy atom. The zero-order chi connectivity index (χ0) is 8.53. The summed E-state index contributed by atoms with van der Waals surface area (Å²) in [4.78, 5) is 3.89. The van der Waals surface area contributed by atoms with Crippen LogP contribution in [0.1, 0.15) is 12.5 Å². The van der Waals surface area contributed by atoms with Gasteiger partial charge in [0.25, 0.3) is 0 Å². The zero-order valence-corrected chi connectivity index (χ0v) is 9.82. The van der Waals surface area contributed by atoms with Crippen molar-refractivity contribution in [1.82, 2.24) is 4.98 Å². The Hall–Kier alpha value is 0.418. The van der Waals surface area contributed by atoms with Crippen LogP contribution in [0.3, 0.4) is 0 Å². The van der Waals surface area contributed by atoms with Crippen LogP contribution in [0.25, 0.3) is 0 Å². The molecule has 0 fully saturated rings. The summed E-state index contributed by atoms with van der Waals surface area (Å²) in [5.74, 6) is 0. The van der Waals surface area contributed by atoms with Crippen molar-refractivity contribution in [3.63, 3.8) is 0 Å². The van der Waals surface area contributed by atoms with E-state index in [9.17, 15) is 0 Å². The van der Waals surface area contributed by atoms with E-state index >= 15 is 0 Å². The van der Waals surface area contributed by atoms with E-state index < -0.39 is 16.5 Å². The summed E-state index contributed by atoms with van der Waals surface area (Å²) in [6, 6.07) is 4.06. The number of aryl methyl sites for hydroxylation is 1. The first-order valence-electron chi connectivity index (χ1n) is 3.06. The van der Waals surface area contributed by atoms with Gasteiger partial charge in [0, 0.05) is 12.4 Å². The van der Waals surface area contributed by atoms with Crippen LogP contribution in [0.15, 0.2) is 24.5 Å². The van der Waals surface area contributed by atoms with Crippen LogP contribution in [0, 0.1) is 0 Å². The molecule has 0 amide bonds. The van der Waals surface area contributed by atoms with E-state index in [0.717, 1.165) is 6.42 Å². The molecule has 0 aromatic carbocycles. The molecule has 0 N–H and O–H groups in total. The van der Waals surface area contributed by atoms with Gasteiger partial charge in [-0.3, -0.25) is 4.98 Å². The fourth-order valence-electron chi connectivity index (χ4n) is 0.618. The molecule has 0 unspecified atom stereocenters. The topological polar surface area (TPSA) is 12.9 Å². The average Bonchev–Trinajstić information content (AvgIpc) is 2.08. The quantitative estimate of drug-likeness (QED) is 0.738. The van der Waals surface area contributed by atoms with Gasteiger partial charge in [-0.15, -0.1) is 0 Å². The van der Waals surface area contributed by atoms with Crippen molar-refractivity contribution in [2.45, 2.75) is 13.3 Å². The molecule has 4 heteroatoms. The van der Waals surface area contributed by atoms with Gasteiger partial charge in [-0.25, -0.2) is 0 Å². The third kappa shape index (κ3) is 6.80. The second kappa shape index (κ2) is 8.51. The van der Waals surface area contributed by atoms with Crippen molar-refractivity contribution in [2.75, 3.05) is 0 Å². The number of aromatic nitrogens is 1. The first kappa shape index (κ1) is 11.4. The van der Waals surface area contributed by atoms with E-state index in [1.165, 1.54) is 5.56 Å². The molecule has 0 aliphatic carbocycles. The molecule has 0 aliphatic rings. The maximum absolute atomic E-state index is 4.88. The van der Waals surface area contributed by atoms with Crippen LogP contribution < -0.4 is 0 Å². The van der Waals surface area contributed by atoms with E-state index in [1.54, 1.807) is 0 Å². The Morgan fingerprint density at radius 1 is 1.36 bits per heavy atom. The summed E-state index contributed by atoms with van der Waals surface area (Å²) >= 11 is -0.472. The predicted molar refractivity (Wildman–Crippen MR) is 45.3 cm³/mol. The van der Waals surface area contributed by atoms with Crippen LogP contribution in [-0.2, 0) is 22.9 Å². The molecule has 1 heterocycles. The molecule has 0 radical (unpaired) electrons. The maximum atomic E-state index is 4.88. The Bertz CT molecular complexity index is 169. The summed E-state index contributed by atoms with van der Waals surface area (Å²) in [6.45, 7) is 2.13. The number of hydrogen-bond donors (Lipinski definition) is 0. The summed E-state index contributed by atoms with van der Waals surface area (Å²) in [6.07, 6.45) is 4.74. The van der Waals surface area contributed by atoms with Crippen molar-refractivity contribution >= 4 is 18.8 Å². The van der Waals surface area contributed by atoms with Gasteiger partial charge in [-0.2, -0.15) is 0 Å². The molecule has 0 atom stereocenters. The van der Waals surface area contributed by atoms with Crippen LogP contribution in [0.4, 0.5) is 0 Å². The fraction of sp³-hybridized carbons (Fsp3) is 0.286. The van der Waals surface area contributed by atoms with E-state index in [1.807, 2.05) is 24.5 Å². The molecule has 0 saturated heterocycles. The summed E-state index contributed by atoms with van der Waals surface area (Å²) in [5.41, 5.74) is 1.35. The van der Waals surface area contributed by atoms with Crippen LogP contribution in [-0.4, -0.2) is 4.98 Å². The minimum absolute atomic E-state index is 0.472. The SMILES string of the molecule is CCc1ccncc1.[Cl][Pt][Cl]. The standard InChI is InChI=1S/C7H9N.2ClH.Pt/c1-2-7-3-5-8-6-4-7;;;/h3-6H,2H2,1H3;2*1H;/q;;;+2/p-2. The third-order valence-corrected chi connectivity index (χ3v) is 1.16. The number of hydrogen-bond acceptors (Lipinski definition) is 1. The summed E-state index contributed by atoms with van der Waals surface area (Å²) in [5, 5.41) is 0. The molecule has 0 spiro atoms. The second-order valence-corrected chi connectivity index (χ2v) is 5.04. The molecule has 1 aromatic heterocycles. The Morgan fingerprint density at radius 2 is 1.82 bits per heavy atom. The molecule has 0 bridgehead atoms. The van der Waals surface area contributed by atoms with Crippen molar-refractivity contribution in [3.8, 4) is 0 Å². The molecular formula is C7H9Cl2NPt. The van der Waals surface area contributed by atoms with Crippen LogP contribution >= 0.6 is 18.8 Å². The van der Waals surface area contributed by atoms with Gasteiger partial charge in [0.2, 0.25) is 0 Å². The van der Waals surface area contributed by atoms with Crippen LogP contribution in [0.2, 0.25) is 0 Å². The summed E-state index contributed by atoms with van der Waals surface area (Å²) < 4.78 is 0. The van der Waals surface area contributed by atoms with Gasteiger partial charge in [0.1, 0.15) is 0 Å². The average molecular weight is 373 g/mol. The van der Waals surface area contributed by atoms with Gasteiger partial charge in [0.15, 0.2) is 0 Å². The van der Waals surface area contributed by atoms with Gasteiger partial charge >= 0.3 is 35.3 Å². The normalized spacial score (nSPS) is 8.64. The van der Waals surface area contributed by atoms with Gasteiger partial charge in [0.05, 0.1) is 0 Å². The van der Waals surface area contributed by atoms with Gasteiger partial charge in [-0.1, -0.05) is 6.92 Å². The Labute approximate surface area is 83.5 Å². The molecule has 11 heavy (non-hydrogen) atoms. The first-order valence-corrected chi connectivity index (χ1v) is 8.69. The molecule has 0 saturated carbocycles. The van der Waals surface area contributed by atoms with E-state index in [4.69, 9.17) is 18.8 Å². The minimum atomic E-state index is -0.472. The zero-order valence-electron chi connectivity index (χ0n) is 6.04. The second-order valence-electron chi connectivity index (χ2n) is 1.75. The molecule has 1 nitrogen and oxygen atoms in total. The molecule has 66 valence electrons. The van der Waals surface area contributed by atoms with Crippen molar-refractivity contribution < 1.29 is 16.5 Å². The van der Waals surface area contributed by atoms with Crippen molar-refractivity contribution in [2.24, 2.45) is 0 Å². The molecule has 1 rings (SSSR count). The van der Waals surface area contributed by atoms with E-state index in [2.05, 4.69) is 11.9 Å². The van der Waals surface area contributed by atoms with Crippen molar-refractivity contribution in [1.29, 1.82) is 0 Å². The monoisotopic (exact) mass is 372 g/mol. The summed E-state index contributed by atoms with van der Waals surface area (Å²) in [7, 11) is 9.75. The predicted octanol–water partition coefficient (Wildman–Crippen LogP) is 3.02. The third-order valence-electron chi connectivity index (χ3n) is 1.16. The number of pyridine rings is 1. The first-order chi connectivity index (χ1) is 5.35. The Kier molecular flexibility index (Phi) is 8.84. The number of halogens is 2. The van der Waals surface area contributed by atoms with Gasteiger partial charge < -0.3 is 0 Å². The molecule has 1 aromatic rings.